The van der Waals surface area contributed by atoms with E-state index in [0.29, 0.717) is 6.54 Å². The first-order chi connectivity index (χ1) is 11.2. The van der Waals surface area contributed by atoms with Crippen LogP contribution in [0.15, 0.2) is 54.7 Å². The third kappa shape index (κ3) is 2.63. The number of rotatable bonds is 3. The minimum Gasteiger partial charge on any atom is -0.379 e. The van der Waals surface area contributed by atoms with Gasteiger partial charge >= 0.3 is 0 Å². The molecule has 0 spiro atoms. The van der Waals surface area contributed by atoms with Crippen LogP contribution in [0.2, 0.25) is 0 Å². The van der Waals surface area contributed by atoms with Gasteiger partial charge in [0.2, 0.25) is 5.78 Å². The maximum atomic E-state index is 4.60. The maximum absolute atomic E-state index is 4.60. The fraction of sp³-hybridized carbons (Fsp3) is 0.158. The molecule has 23 heavy (non-hydrogen) atoms. The van der Waals surface area contributed by atoms with E-state index in [9.17, 15) is 0 Å². The number of aromatic nitrogens is 3. The van der Waals surface area contributed by atoms with E-state index in [0.717, 1.165) is 28.5 Å². The van der Waals surface area contributed by atoms with Gasteiger partial charge in [-0.2, -0.15) is 0 Å². The molecule has 0 unspecified atom stereocenters. The number of benzene rings is 2. The Balaban J connectivity index is 1.59. The standard InChI is InChI=1S/C19H18N4/c1-13-9-14(2)23-12-18(22-19(23)21-13)11-20-17-8-7-15-5-3-4-6-16(15)10-17/h3-10,12,20H,11H2,1-2H3. The molecule has 4 nitrogen and oxygen atoms in total. The van der Waals surface area contributed by atoms with Crippen molar-refractivity contribution in [2.45, 2.75) is 20.4 Å². The van der Waals surface area contributed by atoms with E-state index in [1.165, 1.54) is 10.8 Å². The van der Waals surface area contributed by atoms with E-state index >= 15 is 0 Å². The number of hydrogen-bond donors (Lipinski definition) is 1. The quantitative estimate of drug-likeness (QED) is 0.619. The molecule has 2 heterocycles. The molecule has 0 amide bonds. The first-order valence-electron chi connectivity index (χ1n) is 7.74. The predicted molar refractivity (Wildman–Crippen MR) is 93.7 cm³/mol. The molecule has 2 aromatic heterocycles. The second-order valence-electron chi connectivity index (χ2n) is 5.86. The lowest BCUT2D eigenvalue weighted by molar-refractivity contribution is 1.01. The SMILES string of the molecule is Cc1cc(C)n2cc(CNc3ccc4ccccc4c3)nc2n1. The van der Waals surface area contributed by atoms with Gasteiger partial charge < -0.3 is 5.32 Å². The lowest BCUT2D eigenvalue weighted by atomic mass is 10.1. The Hall–Kier alpha value is -2.88. The van der Waals surface area contributed by atoms with Crippen molar-refractivity contribution in [2.75, 3.05) is 5.32 Å². The summed E-state index contributed by atoms with van der Waals surface area (Å²) in [5.41, 5.74) is 4.23. The van der Waals surface area contributed by atoms with Gasteiger partial charge in [0.05, 0.1) is 12.2 Å². The normalized spacial score (nSPS) is 11.2. The number of nitrogens with zero attached hydrogens (tertiary/aromatic N) is 3. The summed E-state index contributed by atoms with van der Waals surface area (Å²) in [6, 6.07) is 16.8. The summed E-state index contributed by atoms with van der Waals surface area (Å²) < 4.78 is 2.03. The zero-order valence-electron chi connectivity index (χ0n) is 13.2. The molecule has 114 valence electrons. The smallest absolute Gasteiger partial charge is 0.234 e. The maximum Gasteiger partial charge on any atom is 0.234 e. The Kier molecular flexibility index (Phi) is 3.23. The predicted octanol–water partition coefficient (Wildman–Crippen LogP) is 4.11. The van der Waals surface area contributed by atoms with Gasteiger partial charge in [0.1, 0.15) is 0 Å². The monoisotopic (exact) mass is 302 g/mol. The summed E-state index contributed by atoms with van der Waals surface area (Å²) >= 11 is 0. The van der Waals surface area contributed by atoms with Gasteiger partial charge in [-0.15, -0.1) is 0 Å². The molecule has 0 aliphatic rings. The summed E-state index contributed by atoms with van der Waals surface area (Å²) in [6.07, 6.45) is 2.05. The molecule has 0 aliphatic heterocycles. The number of aryl methyl sites for hydroxylation is 2. The summed E-state index contributed by atoms with van der Waals surface area (Å²) in [7, 11) is 0. The molecular formula is C19H18N4. The lowest BCUT2D eigenvalue weighted by Crippen LogP contribution is -1.99. The molecule has 0 fully saturated rings. The topological polar surface area (TPSA) is 42.2 Å². The first kappa shape index (κ1) is 13.8. The third-order valence-corrected chi connectivity index (χ3v) is 4.03. The Morgan fingerprint density at radius 2 is 1.78 bits per heavy atom. The summed E-state index contributed by atoms with van der Waals surface area (Å²) in [4.78, 5) is 9.08. The number of fused-ring (bicyclic) bond motifs is 2. The minimum absolute atomic E-state index is 0.681. The number of hydrogen-bond acceptors (Lipinski definition) is 3. The van der Waals surface area contributed by atoms with E-state index < -0.39 is 0 Å². The van der Waals surface area contributed by atoms with Crippen molar-refractivity contribution in [1.29, 1.82) is 0 Å². The molecule has 0 radical (unpaired) electrons. The van der Waals surface area contributed by atoms with Crippen LogP contribution in [0.5, 0.6) is 0 Å². The van der Waals surface area contributed by atoms with Gasteiger partial charge in [0.15, 0.2) is 0 Å². The van der Waals surface area contributed by atoms with E-state index in [1.54, 1.807) is 0 Å². The largest absolute Gasteiger partial charge is 0.379 e. The molecule has 0 aliphatic carbocycles. The van der Waals surface area contributed by atoms with Crippen molar-refractivity contribution in [3.63, 3.8) is 0 Å². The highest BCUT2D eigenvalue weighted by Crippen LogP contribution is 2.19. The Bertz CT molecular complexity index is 1000. The van der Waals surface area contributed by atoms with Gasteiger partial charge in [-0.1, -0.05) is 30.3 Å². The van der Waals surface area contributed by atoms with Crippen LogP contribution in [0.3, 0.4) is 0 Å². The van der Waals surface area contributed by atoms with Crippen LogP contribution in [0, 0.1) is 13.8 Å². The van der Waals surface area contributed by atoms with Crippen LogP contribution >= 0.6 is 0 Å². The van der Waals surface area contributed by atoms with E-state index in [1.807, 2.05) is 17.5 Å². The van der Waals surface area contributed by atoms with Gasteiger partial charge in [0.25, 0.3) is 0 Å². The highest BCUT2D eigenvalue weighted by Gasteiger charge is 2.06. The van der Waals surface area contributed by atoms with Crippen molar-refractivity contribution in [3.05, 3.63) is 71.8 Å². The van der Waals surface area contributed by atoms with Crippen molar-refractivity contribution in [1.82, 2.24) is 14.4 Å². The van der Waals surface area contributed by atoms with Crippen molar-refractivity contribution in [2.24, 2.45) is 0 Å². The third-order valence-electron chi connectivity index (χ3n) is 4.03. The van der Waals surface area contributed by atoms with Crippen LogP contribution in [0.25, 0.3) is 16.6 Å². The van der Waals surface area contributed by atoms with Crippen molar-refractivity contribution < 1.29 is 0 Å². The highest BCUT2D eigenvalue weighted by atomic mass is 15.1. The van der Waals surface area contributed by atoms with Crippen LogP contribution in [0.4, 0.5) is 5.69 Å². The van der Waals surface area contributed by atoms with Gasteiger partial charge in [-0.05, 0) is 42.8 Å². The van der Waals surface area contributed by atoms with Crippen molar-refractivity contribution >= 4 is 22.2 Å². The number of anilines is 1. The van der Waals surface area contributed by atoms with E-state index in [2.05, 4.69) is 70.7 Å². The van der Waals surface area contributed by atoms with Gasteiger partial charge in [-0.3, -0.25) is 4.40 Å². The second-order valence-corrected chi connectivity index (χ2v) is 5.86. The molecule has 4 heteroatoms. The molecule has 0 bridgehead atoms. The lowest BCUT2D eigenvalue weighted by Gasteiger charge is -2.05. The molecular weight excluding hydrogens is 284 g/mol. The second kappa shape index (κ2) is 5.39. The average Bonchev–Trinajstić information content (AvgIpc) is 2.96. The zero-order chi connectivity index (χ0) is 15.8. The van der Waals surface area contributed by atoms with E-state index in [4.69, 9.17) is 0 Å². The molecule has 2 aromatic carbocycles. The molecule has 4 aromatic rings. The molecule has 1 N–H and O–H groups in total. The molecule has 0 atom stereocenters. The molecule has 0 saturated carbocycles. The van der Waals surface area contributed by atoms with Crippen molar-refractivity contribution in [3.8, 4) is 0 Å². The van der Waals surface area contributed by atoms with Gasteiger partial charge in [0, 0.05) is 23.3 Å². The fourth-order valence-electron chi connectivity index (χ4n) is 2.90. The minimum atomic E-state index is 0.681. The molecule has 0 saturated heterocycles. The average molecular weight is 302 g/mol. The first-order valence-corrected chi connectivity index (χ1v) is 7.74. The summed E-state index contributed by atoms with van der Waals surface area (Å²) in [5, 5.41) is 5.93. The number of nitrogens with one attached hydrogen (secondary N) is 1. The summed E-state index contributed by atoms with van der Waals surface area (Å²) in [6.45, 7) is 4.75. The zero-order valence-corrected chi connectivity index (χ0v) is 13.2. The number of imidazole rings is 1. The Morgan fingerprint density at radius 3 is 2.65 bits per heavy atom. The highest BCUT2D eigenvalue weighted by molar-refractivity contribution is 5.85. The van der Waals surface area contributed by atoms with Crippen LogP contribution in [-0.4, -0.2) is 14.4 Å². The molecule has 4 rings (SSSR count). The van der Waals surface area contributed by atoms with Gasteiger partial charge in [-0.25, -0.2) is 9.97 Å². The van der Waals surface area contributed by atoms with Crippen LogP contribution in [-0.2, 0) is 6.54 Å². The summed E-state index contributed by atoms with van der Waals surface area (Å²) in [5.74, 6) is 0.762. The Morgan fingerprint density at radius 1 is 0.957 bits per heavy atom. The van der Waals surface area contributed by atoms with E-state index in [-0.39, 0.29) is 0 Å². The fourth-order valence-corrected chi connectivity index (χ4v) is 2.90. The Labute approximate surface area is 134 Å². The van der Waals surface area contributed by atoms with Crippen LogP contribution < -0.4 is 5.32 Å². The van der Waals surface area contributed by atoms with Crippen LogP contribution in [0.1, 0.15) is 17.1 Å².